The van der Waals surface area contributed by atoms with Crippen molar-refractivity contribution >= 4 is 18.3 Å². The Morgan fingerprint density at radius 2 is 2.00 bits per heavy atom. The number of benzene rings is 1. The molecule has 0 saturated carbocycles. The predicted octanol–water partition coefficient (Wildman–Crippen LogP) is 1.42. The van der Waals surface area contributed by atoms with Crippen molar-refractivity contribution in [3.63, 3.8) is 0 Å². The van der Waals surface area contributed by atoms with Gasteiger partial charge in [-0.1, -0.05) is 12.1 Å². The third-order valence-corrected chi connectivity index (χ3v) is 2.15. The zero-order valence-corrected chi connectivity index (χ0v) is 8.25. The predicted molar refractivity (Wildman–Crippen MR) is 57.7 cm³/mol. The highest BCUT2D eigenvalue weighted by atomic mass is 16.5. The summed E-state index contributed by atoms with van der Waals surface area (Å²) in [5, 5.41) is 0. The molecule has 0 aliphatic carbocycles. The van der Waals surface area contributed by atoms with Crippen molar-refractivity contribution in [3.05, 3.63) is 29.8 Å². The van der Waals surface area contributed by atoms with E-state index >= 15 is 0 Å². The minimum Gasteiger partial charge on any atom is -0.497 e. The molecule has 0 radical (unpaired) electrons. The number of aliphatic imine (C=N–C) groups is 2. The van der Waals surface area contributed by atoms with Crippen LogP contribution in [0.3, 0.4) is 0 Å². The summed E-state index contributed by atoms with van der Waals surface area (Å²) in [6.07, 6.45) is 2.79. The van der Waals surface area contributed by atoms with Gasteiger partial charge in [0.2, 0.25) is 0 Å². The fourth-order valence-corrected chi connectivity index (χ4v) is 1.33. The average Bonchev–Trinajstić information content (AvgIpc) is 2.30. The number of amides is 1. The van der Waals surface area contributed by atoms with Crippen LogP contribution in [0.5, 0.6) is 5.75 Å². The van der Waals surface area contributed by atoms with E-state index in [2.05, 4.69) is 9.98 Å². The molecule has 0 bridgehead atoms. The lowest BCUT2D eigenvalue weighted by atomic mass is 10.1. The summed E-state index contributed by atoms with van der Waals surface area (Å²) in [4.78, 5) is 18.5. The van der Waals surface area contributed by atoms with Gasteiger partial charge in [-0.25, -0.2) is 4.99 Å². The maximum absolute atomic E-state index is 10.8. The third-order valence-electron chi connectivity index (χ3n) is 2.15. The first kappa shape index (κ1) is 9.58. The quantitative estimate of drug-likeness (QED) is 0.728. The smallest absolute Gasteiger partial charge is 0.287 e. The molecule has 2 rings (SSSR count). The Morgan fingerprint density at radius 1 is 1.27 bits per heavy atom. The molecule has 1 unspecified atom stereocenters. The van der Waals surface area contributed by atoms with Crippen molar-refractivity contribution in [1.29, 1.82) is 0 Å². The summed E-state index contributed by atoms with van der Waals surface area (Å²) in [7, 11) is 1.62. The van der Waals surface area contributed by atoms with Crippen LogP contribution < -0.4 is 4.74 Å². The van der Waals surface area contributed by atoms with E-state index in [0.717, 1.165) is 11.3 Å². The molecule has 4 heteroatoms. The maximum atomic E-state index is 10.8. The molecule has 15 heavy (non-hydrogen) atoms. The Balaban J connectivity index is 2.20. The number of carbonyl (C=O) groups is 1. The largest absolute Gasteiger partial charge is 0.497 e. The van der Waals surface area contributed by atoms with Crippen molar-refractivity contribution in [2.24, 2.45) is 9.98 Å². The van der Waals surface area contributed by atoms with E-state index in [0.29, 0.717) is 0 Å². The zero-order chi connectivity index (χ0) is 10.7. The first-order valence-electron chi connectivity index (χ1n) is 4.55. The Hall–Kier alpha value is -1.97. The van der Waals surface area contributed by atoms with Gasteiger partial charge in [0.1, 0.15) is 11.8 Å². The zero-order valence-electron chi connectivity index (χ0n) is 8.25. The first-order valence-corrected chi connectivity index (χ1v) is 4.55. The Labute approximate surface area is 87.3 Å². The minimum atomic E-state index is -0.306. The number of methoxy groups -OCH3 is 1. The molecule has 0 spiro atoms. The number of hydrogen-bond donors (Lipinski definition) is 0. The van der Waals surface area contributed by atoms with Crippen LogP contribution in [0.4, 0.5) is 0 Å². The van der Waals surface area contributed by atoms with Crippen LogP contribution in [0.2, 0.25) is 0 Å². The fraction of sp³-hybridized carbons (Fsp3) is 0.182. The van der Waals surface area contributed by atoms with Crippen molar-refractivity contribution in [1.82, 2.24) is 0 Å². The molecule has 1 atom stereocenters. The maximum Gasteiger partial charge on any atom is 0.287 e. The van der Waals surface area contributed by atoms with Gasteiger partial charge in [-0.3, -0.25) is 9.79 Å². The van der Waals surface area contributed by atoms with Gasteiger partial charge in [0.15, 0.2) is 0 Å². The molecule has 1 aromatic rings. The molecule has 76 valence electrons. The lowest BCUT2D eigenvalue weighted by Crippen LogP contribution is -2.08. The van der Waals surface area contributed by atoms with Gasteiger partial charge in [-0.05, 0) is 17.7 Å². The van der Waals surface area contributed by atoms with Crippen molar-refractivity contribution in [2.45, 2.75) is 6.04 Å². The SMILES string of the molecule is COc1ccc(C2C=NC(=O)C=N2)cc1. The molecule has 1 amide bonds. The average molecular weight is 202 g/mol. The van der Waals surface area contributed by atoms with Crippen LogP contribution in [0.25, 0.3) is 0 Å². The number of rotatable bonds is 2. The summed E-state index contributed by atoms with van der Waals surface area (Å²) in [5.41, 5.74) is 0.989. The number of carbonyl (C=O) groups excluding carboxylic acids is 1. The second kappa shape index (κ2) is 4.04. The highest BCUT2D eigenvalue weighted by molar-refractivity contribution is 6.29. The van der Waals surface area contributed by atoms with Crippen LogP contribution >= 0.6 is 0 Å². The van der Waals surface area contributed by atoms with Crippen molar-refractivity contribution in [3.8, 4) is 5.75 Å². The summed E-state index contributed by atoms with van der Waals surface area (Å²) < 4.78 is 5.05. The van der Waals surface area contributed by atoms with Gasteiger partial charge in [0.05, 0.1) is 13.3 Å². The Kier molecular flexibility index (Phi) is 2.58. The van der Waals surface area contributed by atoms with E-state index < -0.39 is 0 Å². The van der Waals surface area contributed by atoms with Crippen LogP contribution in [0.15, 0.2) is 34.3 Å². The number of ether oxygens (including phenoxy) is 1. The van der Waals surface area contributed by atoms with Gasteiger partial charge in [0, 0.05) is 6.21 Å². The molecule has 4 nitrogen and oxygen atoms in total. The van der Waals surface area contributed by atoms with Gasteiger partial charge < -0.3 is 4.74 Å². The normalized spacial score (nSPS) is 19.3. The van der Waals surface area contributed by atoms with Crippen molar-refractivity contribution < 1.29 is 9.53 Å². The lowest BCUT2D eigenvalue weighted by molar-refractivity contribution is -0.111. The molecule has 1 aliphatic rings. The molecule has 0 fully saturated rings. The second-order valence-corrected chi connectivity index (χ2v) is 3.11. The van der Waals surface area contributed by atoms with E-state index in [4.69, 9.17) is 4.74 Å². The molecule has 1 aromatic carbocycles. The van der Waals surface area contributed by atoms with Gasteiger partial charge >= 0.3 is 0 Å². The molecular formula is C11H10N2O2. The van der Waals surface area contributed by atoms with Gasteiger partial charge in [0.25, 0.3) is 5.91 Å². The third kappa shape index (κ3) is 2.10. The lowest BCUT2D eigenvalue weighted by Gasteiger charge is -2.09. The van der Waals surface area contributed by atoms with Crippen LogP contribution in [0.1, 0.15) is 11.6 Å². The highest BCUT2D eigenvalue weighted by Gasteiger charge is 2.11. The molecule has 1 heterocycles. The number of hydrogen-bond acceptors (Lipinski definition) is 3. The Morgan fingerprint density at radius 3 is 2.53 bits per heavy atom. The second-order valence-electron chi connectivity index (χ2n) is 3.11. The summed E-state index contributed by atoms with van der Waals surface area (Å²) in [6.45, 7) is 0. The van der Waals surface area contributed by atoms with Crippen LogP contribution in [-0.2, 0) is 4.79 Å². The highest BCUT2D eigenvalue weighted by Crippen LogP contribution is 2.20. The van der Waals surface area contributed by atoms with E-state index in [9.17, 15) is 4.79 Å². The first-order chi connectivity index (χ1) is 7.29. The molecular weight excluding hydrogens is 192 g/mol. The van der Waals surface area contributed by atoms with E-state index in [1.54, 1.807) is 13.3 Å². The topological polar surface area (TPSA) is 51.0 Å². The molecule has 0 saturated heterocycles. The fourth-order valence-electron chi connectivity index (χ4n) is 1.33. The van der Waals surface area contributed by atoms with E-state index in [-0.39, 0.29) is 11.9 Å². The summed E-state index contributed by atoms with van der Waals surface area (Å²) >= 11 is 0. The monoisotopic (exact) mass is 202 g/mol. The van der Waals surface area contributed by atoms with Gasteiger partial charge in [-0.15, -0.1) is 0 Å². The number of nitrogens with zero attached hydrogens (tertiary/aromatic N) is 2. The van der Waals surface area contributed by atoms with Crippen LogP contribution in [-0.4, -0.2) is 25.4 Å². The Bertz CT molecular complexity index is 405. The molecule has 0 N–H and O–H groups in total. The van der Waals surface area contributed by atoms with Crippen LogP contribution in [0, 0.1) is 0 Å². The summed E-state index contributed by atoms with van der Waals surface area (Å²) in [6, 6.07) is 7.36. The summed E-state index contributed by atoms with van der Waals surface area (Å²) in [5.74, 6) is 0.492. The molecule has 1 aliphatic heterocycles. The standard InChI is InChI=1S/C11H10N2O2/c1-15-9-4-2-8(3-5-9)10-6-13-11(14)7-12-10/h2-7,10H,1H3. The van der Waals surface area contributed by atoms with Gasteiger partial charge in [-0.2, -0.15) is 0 Å². The molecule has 0 aromatic heterocycles. The van der Waals surface area contributed by atoms with E-state index in [1.165, 1.54) is 6.21 Å². The van der Waals surface area contributed by atoms with E-state index in [1.807, 2.05) is 24.3 Å². The minimum absolute atomic E-state index is 0.159. The van der Waals surface area contributed by atoms with Crippen molar-refractivity contribution in [2.75, 3.05) is 7.11 Å².